The summed E-state index contributed by atoms with van der Waals surface area (Å²) in [5.41, 5.74) is 6.49. The van der Waals surface area contributed by atoms with Crippen molar-refractivity contribution in [3.63, 3.8) is 0 Å². The Morgan fingerprint density at radius 1 is 1.65 bits per heavy atom. The average Bonchev–Trinajstić information content (AvgIpc) is 2.34. The standard InChI is InChI=1S/C12H16FN3O/c1-3-8(2)15-7-9-4-10(12(14)16-17)6-11(13)5-9/h3-6,8,15,17H,1,7H2,2H3,(H2,14,16). The molecule has 0 spiro atoms. The molecule has 0 bridgehead atoms. The summed E-state index contributed by atoms with van der Waals surface area (Å²) >= 11 is 0. The summed E-state index contributed by atoms with van der Waals surface area (Å²) in [5.74, 6) is -0.528. The maximum atomic E-state index is 13.3. The lowest BCUT2D eigenvalue weighted by Gasteiger charge is -2.10. The minimum Gasteiger partial charge on any atom is -0.409 e. The number of halogens is 1. The van der Waals surface area contributed by atoms with Crippen molar-refractivity contribution in [2.45, 2.75) is 19.5 Å². The van der Waals surface area contributed by atoms with Crippen LogP contribution in [0.4, 0.5) is 4.39 Å². The smallest absolute Gasteiger partial charge is 0.170 e. The summed E-state index contributed by atoms with van der Waals surface area (Å²) in [6.07, 6.45) is 1.75. The summed E-state index contributed by atoms with van der Waals surface area (Å²) in [7, 11) is 0. The Morgan fingerprint density at radius 3 is 2.94 bits per heavy atom. The van der Waals surface area contributed by atoms with Gasteiger partial charge in [0.1, 0.15) is 5.82 Å². The summed E-state index contributed by atoms with van der Waals surface area (Å²) in [6, 6.07) is 4.42. The molecule has 0 amide bonds. The zero-order valence-electron chi connectivity index (χ0n) is 9.65. The Hall–Kier alpha value is -1.88. The van der Waals surface area contributed by atoms with Gasteiger partial charge in [0.15, 0.2) is 5.84 Å². The van der Waals surface area contributed by atoms with Gasteiger partial charge in [0.2, 0.25) is 0 Å². The van der Waals surface area contributed by atoms with E-state index in [1.807, 2.05) is 6.92 Å². The first-order valence-electron chi connectivity index (χ1n) is 5.20. The lowest BCUT2D eigenvalue weighted by Crippen LogP contribution is -2.23. The van der Waals surface area contributed by atoms with Crippen molar-refractivity contribution in [1.82, 2.24) is 5.32 Å². The summed E-state index contributed by atoms with van der Waals surface area (Å²) in [6.45, 7) is 6.06. The van der Waals surface area contributed by atoms with Gasteiger partial charge >= 0.3 is 0 Å². The van der Waals surface area contributed by atoms with Crippen LogP contribution in [-0.4, -0.2) is 17.1 Å². The van der Waals surface area contributed by atoms with E-state index in [1.54, 1.807) is 12.1 Å². The molecule has 0 heterocycles. The van der Waals surface area contributed by atoms with Gasteiger partial charge in [-0.2, -0.15) is 0 Å². The van der Waals surface area contributed by atoms with Gasteiger partial charge < -0.3 is 16.3 Å². The van der Waals surface area contributed by atoms with E-state index in [-0.39, 0.29) is 11.9 Å². The molecule has 17 heavy (non-hydrogen) atoms. The van der Waals surface area contributed by atoms with Gasteiger partial charge in [-0.05, 0) is 30.7 Å². The predicted molar refractivity (Wildman–Crippen MR) is 65.4 cm³/mol. The first kappa shape index (κ1) is 13.2. The van der Waals surface area contributed by atoms with Gasteiger partial charge in [-0.25, -0.2) is 4.39 Å². The fourth-order valence-electron chi connectivity index (χ4n) is 1.32. The molecule has 0 aromatic heterocycles. The number of nitrogens with two attached hydrogens (primary N) is 1. The van der Waals surface area contributed by atoms with Crippen molar-refractivity contribution in [2.24, 2.45) is 10.9 Å². The lowest BCUT2D eigenvalue weighted by atomic mass is 10.1. The Labute approximate surface area is 99.6 Å². The molecule has 4 N–H and O–H groups in total. The van der Waals surface area contributed by atoms with Gasteiger partial charge in [0.05, 0.1) is 0 Å². The molecule has 1 unspecified atom stereocenters. The second kappa shape index (κ2) is 6.00. The van der Waals surface area contributed by atoms with Crippen LogP contribution in [-0.2, 0) is 6.54 Å². The molecule has 1 atom stereocenters. The highest BCUT2D eigenvalue weighted by molar-refractivity contribution is 5.97. The van der Waals surface area contributed by atoms with E-state index in [0.717, 1.165) is 5.56 Å². The van der Waals surface area contributed by atoms with E-state index >= 15 is 0 Å². The normalized spacial score (nSPS) is 13.4. The number of oxime groups is 1. The number of rotatable bonds is 5. The Morgan fingerprint density at radius 2 is 2.35 bits per heavy atom. The summed E-state index contributed by atoms with van der Waals surface area (Å²) in [5, 5.41) is 14.5. The van der Waals surface area contributed by atoms with Crippen molar-refractivity contribution >= 4 is 5.84 Å². The molecular formula is C12H16FN3O. The molecule has 0 saturated carbocycles. The second-order valence-corrected chi connectivity index (χ2v) is 3.74. The van der Waals surface area contributed by atoms with E-state index in [2.05, 4.69) is 17.1 Å². The number of benzene rings is 1. The zero-order valence-corrected chi connectivity index (χ0v) is 9.65. The van der Waals surface area contributed by atoms with Crippen LogP contribution in [0.1, 0.15) is 18.1 Å². The molecule has 0 aliphatic rings. The molecule has 1 aromatic carbocycles. The zero-order chi connectivity index (χ0) is 12.8. The monoisotopic (exact) mass is 237 g/mol. The van der Waals surface area contributed by atoms with Crippen LogP contribution in [0.5, 0.6) is 0 Å². The Balaban J connectivity index is 2.86. The van der Waals surface area contributed by atoms with Crippen molar-refractivity contribution in [3.05, 3.63) is 47.8 Å². The number of hydrogen-bond donors (Lipinski definition) is 3. The van der Waals surface area contributed by atoms with Crippen LogP contribution in [0.3, 0.4) is 0 Å². The van der Waals surface area contributed by atoms with E-state index in [0.29, 0.717) is 12.1 Å². The fraction of sp³-hybridized carbons (Fsp3) is 0.250. The second-order valence-electron chi connectivity index (χ2n) is 3.74. The predicted octanol–water partition coefficient (Wildman–Crippen LogP) is 1.58. The van der Waals surface area contributed by atoms with Crippen molar-refractivity contribution in [3.8, 4) is 0 Å². The van der Waals surface area contributed by atoms with Gasteiger partial charge in [0, 0.05) is 18.2 Å². The van der Waals surface area contributed by atoms with Crippen LogP contribution in [0, 0.1) is 5.82 Å². The topological polar surface area (TPSA) is 70.6 Å². The summed E-state index contributed by atoms with van der Waals surface area (Å²) < 4.78 is 13.3. The van der Waals surface area contributed by atoms with Crippen LogP contribution < -0.4 is 11.1 Å². The third-order valence-corrected chi connectivity index (χ3v) is 2.34. The first-order valence-corrected chi connectivity index (χ1v) is 5.20. The van der Waals surface area contributed by atoms with Crippen LogP contribution in [0.25, 0.3) is 0 Å². The molecule has 92 valence electrons. The van der Waals surface area contributed by atoms with Gasteiger partial charge in [-0.15, -0.1) is 6.58 Å². The average molecular weight is 237 g/mol. The van der Waals surface area contributed by atoms with Crippen LogP contribution >= 0.6 is 0 Å². The SMILES string of the molecule is C=CC(C)NCc1cc(F)cc(/C(N)=N/O)c1. The molecular weight excluding hydrogens is 221 g/mol. The molecule has 0 fully saturated rings. The van der Waals surface area contributed by atoms with Crippen molar-refractivity contribution in [2.75, 3.05) is 0 Å². The number of nitrogens with one attached hydrogen (secondary N) is 1. The molecule has 0 saturated heterocycles. The fourth-order valence-corrected chi connectivity index (χ4v) is 1.32. The van der Waals surface area contributed by atoms with E-state index < -0.39 is 5.82 Å². The third-order valence-electron chi connectivity index (χ3n) is 2.34. The quantitative estimate of drug-likeness (QED) is 0.239. The van der Waals surface area contributed by atoms with Crippen LogP contribution in [0.2, 0.25) is 0 Å². The Bertz CT molecular complexity index is 432. The highest BCUT2D eigenvalue weighted by Crippen LogP contribution is 2.09. The minimum absolute atomic E-state index is 0.109. The molecule has 1 aromatic rings. The largest absolute Gasteiger partial charge is 0.409 e. The maximum absolute atomic E-state index is 13.3. The Kier molecular flexibility index (Phi) is 4.66. The molecule has 0 radical (unpaired) electrons. The number of hydrogen-bond acceptors (Lipinski definition) is 3. The highest BCUT2D eigenvalue weighted by Gasteiger charge is 2.05. The van der Waals surface area contributed by atoms with Gasteiger partial charge in [0.25, 0.3) is 0 Å². The van der Waals surface area contributed by atoms with Crippen LogP contribution in [0.15, 0.2) is 36.0 Å². The molecule has 1 rings (SSSR count). The minimum atomic E-state index is -0.419. The lowest BCUT2D eigenvalue weighted by molar-refractivity contribution is 0.318. The maximum Gasteiger partial charge on any atom is 0.170 e. The number of amidine groups is 1. The molecule has 5 heteroatoms. The molecule has 0 aliphatic heterocycles. The van der Waals surface area contributed by atoms with Crippen molar-refractivity contribution in [1.29, 1.82) is 0 Å². The molecule has 0 aliphatic carbocycles. The van der Waals surface area contributed by atoms with Crippen molar-refractivity contribution < 1.29 is 9.60 Å². The molecule has 4 nitrogen and oxygen atoms in total. The summed E-state index contributed by atoms with van der Waals surface area (Å²) in [4.78, 5) is 0. The van der Waals surface area contributed by atoms with E-state index in [4.69, 9.17) is 10.9 Å². The van der Waals surface area contributed by atoms with E-state index in [9.17, 15) is 4.39 Å². The third kappa shape index (κ3) is 3.88. The first-order chi connectivity index (χ1) is 8.06. The number of nitrogens with zero attached hydrogens (tertiary/aromatic N) is 1. The van der Waals surface area contributed by atoms with Gasteiger partial charge in [-0.3, -0.25) is 0 Å². The van der Waals surface area contributed by atoms with Gasteiger partial charge in [-0.1, -0.05) is 11.2 Å². The van der Waals surface area contributed by atoms with E-state index in [1.165, 1.54) is 12.1 Å². The highest BCUT2D eigenvalue weighted by atomic mass is 19.1.